The van der Waals surface area contributed by atoms with Crippen molar-refractivity contribution in [1.82, 2.24) is 4.90 Å². The summed E-state index contributed by atoms with van der Waals surface area (Å²) in [5.41, 5.74) is 7.22. The molecule has 0 fully saturated rings. The zero-order valence-electron chi connectivity index (χ0n) is 11.7. The van der Waals surface area contributed by atoms with Crippen LogP contribution in [0.3, 0.4) is 0 Å². The minimum atomic E-state index is 0.0722. The number of hydrogen-bond acceptors (Lipinski definition) is 3. The number of halogens is 1. The molecule has 4 nitrogen and oxygen atoms in total. The van der Waals surface area contributed by atoms with Crippen LogP contribution in [-0.4, -0.2) is 29.0 Å². The second-order valence-electron chi connectivity index (χ2n) is 5.01. The van der Waals surface area contributed by atoms with E-state index < -0.39 is 0 Å². The molecule has 1 aromatic rings. The molecule has 0 aliphatic heterocycles. The van der Waals surface area contributed by atoms with Crippen LogP contribution >= 0.6 is 11.6 Å². The molecule has 0 aliphatic carbocycles. The van der Waals surface area contributed by atoms with Gasteiger partial charge in [-0.25, -0.2) is 0 Å². The Morgan fingerprint density at radius 3 is 2.63 bits per heavy atom. The normalized spacial score (nSPS) is 12.4. The van der Waals surface area contributed by atoms with Crippen molar-refractivity contribution in [3.8, 4) is 0 Å². The molecule has 1 aromatic carbocycles. The van der Waals surface area contributed by atoms with Crippen molar-refractivity contribution < 1.29 is 5.21 Å². The Morgan fingerprint density at radius 2 is 2.16 bits per heavy atom. The van der Waals surface area contributed by atoms with Gasteiger partial charge in [-0.2, -0.15) is 0 Å². The average molecular weight is 284 g/mol. The summed E-state index contributed by atoms with van der Waals surface area (Å²) >= 11 is 6.25. The molecule has 0 aromatic heterocycles. The fraction of sp³-hybridized carbons (Fsp3) is 0.500. The van der Waals surface area contributed by atoms with Gasteiger partial charge < -0.3 is 10.9 Å². The maximum Gasteiger partial charge on any atom is 0.170 e. The SMILES string of the molecule is CCN(Cc1ccc(/C(N)=N/O)cc1Cl)CC(C)C. The lowest BCUT2D eigenvalue weighted by Gasteiger charge is -2.23. The third kappa shape index (κ3) is 4.73. The first-order valence-electron chi connectivity index (χ1n) is 6.46. The molecule has 1 rings (SSSR count). The van der Waals surface area contributed by atoms with Gasteiger partial charge in [-0.05, 0) is 24.1 Å². The zero-order valence-corrected chi connectivity index (χ0v) is 12.5. The number of amidine groups is 1. The van der Waals surface area contributed by atoms with Gasteiger partial charge in [0.2, 0.25) is 0 Å². The van der Waals surface area contributed by atoms with Crippen molar-refractivity contribution in [2.75, 3.05) is 13.1 Å². The predicted molar refractivity (Wildman–Crippen MR) is 79.8 cm³/mol. The fourth-order valence-electron chi connectivity index (χ4n) is 1.96. The maximum atomic E-state index is 8.64. The van der Waals surface area contributed by atoms with Gasteiger partial charge in [0.15, 0.2) is 5.84 Å². The number of oxime groups is 1. The molecule has 0 atom stereocenters. The van der Waals surface area contributed by atoms with Crippen LogP contribution in [0.15, 0.2) is 23.4 Å². The third-order valence-electron chi connectivity index (χ3n) is 2.92. The Labute approximate surface area is 119 Å². The fourth-order valence-corrected chi connectivity index (χ4v) is 2.20. The highest BCUT2D eigenvalue weighted by molar-refractivity contribution is 6.31. The lowest BCUT2D eigenvalue weighted by molar-refractivity contribution is 0.248. The largest absolute Gasteiger partial charge is 0.409 e. The Kier molecular flexibility index (Phi) is 6.12. The standard InChI is InChI=1S/C14H22ClN3O/c1-4-18(8-10(2)3)9-12-6-5-11(7-13(12)15)14(16)17-19/h5-7,10,19H,4,8-9H2,1-3H3,(H2,16,17). The molecule has 0 unspecified atom stereocenters. The molecule has 0 saturated carbocycles. The van der Waals surface area contributed by atoms with Crippen LogP contribution in [0.1, 0.15) is 31.9 Å². The van der Waals surface area contributed by atoms with Gasteiger partial charge in [0.05, 0.1) is 0 Å². The molecule has 0 bridgehead atoms. The first-order chi connectivity index (χ1) is 8.97. The van der Waals surface area contributed by atoms with Gasteiger partial charge in [-0.3, -0.25) is 4.90 Å². The second kappa shape index (κ2) is 7.36. The Bertz CT molecular complexity index is 446. The van der Waals surface area contributed by atoms with Gasteiger partial charge >= 0.3 is 0 Å². The van der Waals surface area contributed by atoms with E-state index in [0.717, 1.165) is 25.2 Å². The molecule has 19 heavy (non-hydrogen) atoms. The lowest BCUT2D eigenvalue weighted by Crippen LogP contribution is -2.27. The van der Waals surface area contributed by atoms with Crippen LogP contribution in [0, 0.1) is 5.92 Å². The summed E-state index contributed by atoms with van der Waals surface area (Å²) in [6.07, 6.45) is 0. The summed E-state index contributed by atoms with van der Waals surface area (Å²) in [5, 5.41) is 12.3. The van der Waals surface area contributed by atoms with E-state index in [1.165, 1.54) is 0 Å². The smallest absolute Gasteiger partial charge is 0.170 e. The summed E-state index contributed by atoms with van der Waals surface area (Å²) in [4.78, 5) is 2.34. The van der Waals surface area contributed by atoms with E-state index >= 15 is 0 Å². The highest BCUT2D eigenvalue weighted by atomic mass is 35.5. The number of rotatable bonds is 6. The van der Waals surface area contributed by atoms with Crippen molar-refractivity contribution in [3.63, 3.8) is 0 Å². The van der Waals surface area contributed by atoms with E-state index in [0.29, 0.717) is 16.5 Å². The summed E-state index contributed by atoms with van der Waals surface area (Å²) in [6, 6.07) is 5.48. The number of hydrogen-bond donors (Lipinski definition) is 2. The van der Waals surface area contributed by atoms with E-state index in [4.69, 9.17) is 22.5 Å². The van der Waals surface area contributed by atoms with E-state index in [1.807, 2.05) is 12.1 Å². The van der Waals surface area contributed by atoms with Crippen molar-refractivity contribution >= 4 is 17.4 Å². The highest BCUT2D eigenvalue weighted by Gasteiger charge is 2.10. The summed E-state index contributed by atoms with van der Waals surface area (Å²) in [5.74, 6) is 0.693. The number of benzene rings is 1. The van der Waals surface area contributed by atoms with Gasteiger partial charge in [-0.15, -0.1) is 0 Å². The molecule has 3 N–H and O–H groups in total. The van der Waals surface area contributed by atoms with Gasteiger partial charge in [0.1, 0.15) is 0 Å². The van der Waals surface area contributed by atoms with Crippen LogP contribution in [0.2, 0.25) is 5.02 Å². The van der Waals surface area contributed by atoms with E-state index in [2.05, 4.69) is 30.8 Å². The van der Waals surface area contributed by atoms with Crippen molar-refractivity contribution in [1.29, 1.82) is 0 Å². The van der Waals surface area contributed by atoms with E-state index in [-0.39, 0.29) is 5.84 Å². The molecule has 0 spiro atoms. The van der Waals surface area contributed by atoms with Crippen molar-refractivity contribution in [2.24, 2.45) is 16.8 Å². The minimum absolute atomic E-state index is 0.0722. The minimum Gasteiger partial charge on any atom is -0.409 e. The molecular weight excluding hydrogens is 262 g/mol. The van der Waals surface area contributed by atoms with Crippen molar-refractivity contribution in [2.45, 2.75) is 27.3 Å². The van der Waals surface area contributed by atoms with Crippen LogP contribution in [-0.2, 0) is 6.54 Å². The Morgan fingerprint density at radius 1 is 1.47 bits per heavy atom. The molecule has 106 valence electrons. The van der Waals surface area contributed by atoms with Gasteiger partial charge in [0, 0.05) is 23.7 Å². The van der Waals surface area contributed by atoms with Crippen molar-refractivity contribution in [3.05, 3.63) is 34.3 Å². The monoisotopic (exact) mass is 283 g/mol. The summed E-state index contributed by atoms with van der Waals surface area (Å²) in [7, 11) is 0. The highest BCUT2D eigenvalue weighted by Crippen LogP contribution is 2.20. The molecule has 0 aliphatic rings. The molecule has 0 amide bonds. The molecule has 5 heteroatoms. The van der Waals surface area contributed by atoms with Crippen LogP contribution in [0.5, 0.6) is 0 Å². The third-order valence-corrected chi connectivity index (χ3v) is 3.27. The van der Waals surface area contributed by atoms with E-state index in [9.17, 15) is 0 Å². The van der Waals surface area contributed by atoms with Crippen LogP contribution in [0.25, 0.3) is 0 Å². The predicted octanol–water partition coefficient (Wildman–Crippen LogP) is 2.91. The Hall–Kier alpha value is -1.26. The maximum absolute atomic E-state index is 8.64. The first-order valence-corrected chi connectivity index (χ1v) is 6.84. The number of nitrogens with zero attached hydrogens (tertiary/aromatic N) is 2. The van der Waals surface area contributed by atoms with Crippen LogP contribution < -0.4 is 5.73 Å². The molecule has 0 saturated heterocycles. The first kappa shape index (κ1) is 15.8. The van der Waals surface area contributed by atoms with Crippen LogP contribution in [0.4, 0.5) is 0 Å². The molecule has 0 heterocycles. The topological polar surface area (TPSA) is 61.8 Å². The summed E-state index contributed by atoms with van der Waals surface area (Å²) in [6.45, 7) is 9.37. The van der Waals surface area contributed by atoms with E-state index in [1.54, 1.807) is 6.07 Å². The Balaban J connectivity index is 2.84. The quantitative estimate of drug-likeness (QED) is 0.365. The summed E-state index contributed by atoms with van der Waals surface area (Å²) < 4.78 is 0. The lowest BCUT2D eigenvalue weighted by atomic mass is 10.1. The average Bonchev–Trinajstić information content (AvgIpc) is 2.38. The number of nitrogens with two attached hydrogens (primary N) is 1. The molecule has 0 radical (unpaired) electrons. The van der Waals surface area contributed by atoms with Gasteiger partial charge in [0.25, 0.3) is 0 Å². The molecular formula is C14H22ClN3O. The zero-order chi connectivity index (χ0) is 14.4. The van der Waals surface area contributed by atoms with Gasteiger partial charge in [-0.1, -0.05) is 49.7 Å². The second-order valence-corrected chi connectivity index (χ2v) is 5.42.